The van der Waals surface area contributed by atoms with E-state index in [9.17, 15) is 14.0 Å². The molecule has 1 saturated carbocycles. The van der Waals surface area contributed by atoms with Gasteiger partial charge in [0.05, 0.1) is 18.4 Å². The minimum atomic E-state index is -0.329. The largest absolute Gasteiger partial charge is 0.274 e. The van der Waals surface area contributed by atoms with Crippen LogP contribution < -0.4 is 4.90 Å². The van der Waals surface area contributed by atoms with Gasteiger partial charge in [0.25, 0.3) is 0 Å². The molecule has 0 bridgehead atoms. The molecule has 0 N–H and O–H groups in total. The first-order valence-corrected chi connectivity index (χ1v) is 8.77. The summed E-state index contributed by atoms with van der Waals surface area (Å²) in [7, 11) is 0. The molecule has 0 spiro atoms. The third kappa shape index (κ3) is 2.84. The van der Waals surface area contributed by atoms with Gasteiger partial charge < -0.3 is 0 Å². The number of anilines is 1. The third-order valence-corrected chi connectivity index (χ3v) is 5.25. The summed E-state index contributed by atoms with van der Waals surface area (Å²) in [6.45, 7) is 0.306. The van der Waals surface area contributed by atoms with Crippen molar-refractivity contribution in [1.29, 1.82) is 0 Å². The minimum absolute atomic E-state index is 0.183. The zero-order chi connectivity index (χ0) is 17.6. The van der Waals surface area contributed by atoms with E-state index in [-0.39, 0.29) is 40.3 Å². The topological polar surface area (TPSA) is 55.2 Å². The zero-order valence-electron chi connectivity index (χ0n) is 13.5. The number of hydrogen-bond donors (Lipinski definition) is 0. The third-order valence-electron chi connectivity index (χ3n) is 4.99. The quantitative estimate of drug-likeness (QED) is 0.787. The summed E-state index contributed by atoms with van der Waals surface area (Å²) < 4.78 is 14.8. The van der Waals surface area contributed by atoms with Crippen LogP contribution in [-0.4, -0.2) is 21.6 Å². The van der Waals surface area contributed by atoms with Crippen molar-refractivity contribution in [2.24, 2.45) is 11.8 Å². The second-order valence-corrected chi connectivity index (χ2v) is 7.04. The molecule has 1 aromatic carbocycles. The lowest BCUT2D eigenvalue weighted by Gasteiger charge is -2.19. The lowest BCUT2D eigenvalue weighted by atomic mass is 9.81. The van der Waals surface area contributed by atoms with Crippen LogP contribution in [0.5, 0.6) is 0 Å². The van der Waals surface area contributed by atoms with Crippen molar-refractivity contribution in [2.45, 2.75) is 32.2 Å². The molecule has 1 aromatic heterocycles. The number of halogens is 2. The van der Waals surface area contributed by atoms with Crippen LogP contribution >= 0.6 is 11.6 Å². The maximum Gasteiger partial charge on any atom is 0.238 e. The normalized spacial score (nSPS) is 23.2. The maximum absolute atomic E-state index is 13.3. The van der Waals surface area contributed by atoms with Crippen LogP contribution in [0.1, 0.15) is 31.2 Å². The molecule has 2 amide bonds. The molecular formula is C18H17ClFN3O2. The lowest BCUT2D eigenvalue weighted by Crippen LogP contribution is -2.31. The second kappa shape index (κ2) is 6.26. The molecule has 2 unspecified atom stereocenters. The van der Waals surface area contributed by atoms with Crippen molar-refractivity contribution >= 4 is 29.2 Å². The average molecular weight is 362 g/mol. The second-order valence-electron chi connectivity index (χ2n) is 6.64. The van der Waals surface area contributed by atoms with Crippen molar-refractivity contribution in [3.63, 3.8) is 0 Å². The molecule has 130 valence electrons. The van der Waals surface area contributed by atoms with Gasteiger partial charge in [-0.15, -0.1) is 0 Å². The van der Waals surface area contributed by atoms with E-state index in [1.807, 2.05) is 0 Å². The number of hydrogen-bond acceptors (Lipinski definition) is 3. The predicted octanol–water partition coefficient (Wildman–Crippen LogP) is 3.40. The number of benzene rings is 1. The fourth-order valence-corrected chi connectivity index (χ4v) is 4.05. The Kier molecular flexibility index (Phi) is 4.07. The van der Waals surface area contributed by atoms with E-state index in [1.165, 1.54) is 16.8 Å². The minimum Gasteiger partial charge on any atom is -0.274 e. The first-order valence-electron chi connectivity index (χ1n) is 8.40. The van der Waals surface area contributed by atoms with Crippen LogP contribution in [0.4, 0.5) is 10.2 Å². The van der Waals surface area contributed by atoms with Gasteiger partial charge >= 0.3 is 0 Å². The fourth-order valence-electron chi connectivity index (χ4n) is 3.81. The summed E-state index contributed by atoms with van der Waals surface area (Å²) in [4.78, 5) is 26.5. The number of fused-ring (bicyclic) bond motifs is 1. The van der Waals surface area contributed by atoms with Crippen molar-refractivity contribution in [3.05, 3.63) is 46.9 Å². The van der Waals surface area contributed by atoms with Gasteiger partial charge in [-0.2, -0.15) is 5.10 Å². The van der Waals surface area contributed by atoms with E-state index in [0.717, 1.165) is 36.1 Å². The zero-order valence-corrected chi connectivity index (χ0v) is 14.2. The Morgan fingerprint density at radius 2 is 1.84 bits per heavy atom. The van der Waals surface area contributed by atoms with Gasteiger partial charge in [-0.05, 0) is 30.5 Å². The highest BCUT2D eigenvalue weighted by Gasteiger charge is 2.50. The van der Waals surface area contributed by atoms with Crippen LogP contribution in [0.2, 0.25) is 5.02 Å². The Morgan fingerprint density at radius 1 is 1.16 bits per heavy atom. The summed E-state index contributed by atoms with van der Waals surface area (Å²) in [5.41, 5.74) is 0.721. The van der Waals surface area contributed by atoms with Crippen LogP contribution in [-0.2, 0) is 16.1 Å². The average Bonchev–Trinajstić information content (AvgIpc) is 3.06. The van der Waals surface area contributed by atoms with Gasteiger partial charge in [0, 0.05) is 6.20 Å². The van der Waals surface area contributed by atoms with Gasteiger partial charge in [-0.1, -0.05) is 36.6 Å². The monoisotopic (exact) mass is 361 g/mol. The van der Waals surface area contributed by atoms with Crippen molar-refractivity contribution in [1.82, 2.24) is 9.78 Å². The highest BCUT2D eigenvalue weighted by molar-refractivity contribution is 6.35. The van der Waals surface area contributed by atoms with Gasteiger partial charge in [0.15, 0.2) is 5.82 Å². The summed E-state index contributed by atoms with van der Waals surface area (Å²) in [5.74, 6) is -1.04. The number of rotatable bonds is 3. The maximum atomic E-state index is 13.3. The molecule has 7 heteroatoms. The standard InChI is InChI=1S/C18H17ClFN3O2/c19-15-10-22(9-11-4-3-5-12(20)8-11)21-16(15)23-17(24)13-6-1-2-7-14(13)18(23)25/h3-5,8,10,13-14H,1-2,6-7,9H2. The SMILES string of the molecule is O=C1C2CCCCC2C(=O)N1c1nn(Cc2cccc(F)c2)cc1Cl. The molecule has 0 radical (unpaired) electrons. The Bertz CT molecular complexity index is 827. The molecule has 4 rings (SSSR count). The molecule has 2 atom stereocenters. The van der Waals surface area contributed by atoms with Gasteiger partial charge in [-0.3, -0.25) is 14.3 Å². The summed E-state index contributed by atoms with van der Waals surface area (Å²) in [6, 6.07) is 6.18. The highest BCUT2D eigenvalue weighted by atomic mass is 35.5. The number of carbonyl (C=O) groups is 2. The fraction of sp³-hybridized carbons (Fsp3) is 0.389. The van der Waals surface area contributed by atoms with Gasteiger partial charge in [-0.25, -0.2) is 9.29 Å². The van der Waals surface area contributed by atoms with Crippen molar-refractivity contribution in [2.75, 3.05) is 4.90 Å². The molecule has 1 saturated heterocycles. The van der Waals surface area contributed by atoms with Gasteiger partial charge in [0.2, 0.25) is 11.8 Å². The molecule has 1 aliphatic carbocycles. The lowest BCUT2D eigenvalue weighted by molar-refractivity contribution is -0.122. The van der Waals surface area contributed by atoms with Crippen molar-refractivity contribution < 1.29 is 14.0 Å². The first-order chi connectivity index (χ1) is 12.0. The molecule has 2 aromatic rings. The van der Waals surface area contributed by atoms with Crippen LogP contribution in [0.25, 0.3) is 0 Å². The van der Waals surface area contributed by atoms with E-state index in [4.69, 9.17) is 11.6 Å². The Hall–Kier alpha value is -2.21. The summed E-state index contributed by atoms with van der Waals surface area (Å²) >= 11 is 6.25. The van der Waals surface area contributed by atoms with Gasteiger partial charge in [0.1, 0.15) is 10.8 Å². The molecule has 2 fully saturated rings. The molecule has 2 aliphatic rings. The number of aromatic nitrogens is 2. The smallest absolute Gasteiger partial charge is 0.238 e. The number of nitrogens with zero attached hydrogens (tertiary/aromatic N) is 3. The van der Waals surface area contributed by atoms with E-state index in [1.54, 1.807) is 18.3 Å². The summed E-state index contributed by atoms with van der Waals surface area (Å²) in [5, 5.41) is 4.57. The molecule has 2 heterocycles. The van der Waals surface area contributed by atoms with Crippen LogP contribution in [0.15, 0.2) is 30.5 Å². The van der Waals surface area contributed by atoms with Crippen molar-refractivity contribution in [3.8, 4) is 0 Å². The number of carbonyl (C=O) groups excluding carboxylic acids is 2. The molecular weight excluding hydrogens is 345 g/mol. The predicted molar refractivity (Wildman–Crippen MR) is 90.7 cm³/mol. The molecule has 25 heavy (non-hydrogen) atoms. The van der Waals surface area contributed by atoms with E-state index < -0.39 is 0 Å². The molecule has 1 aliphatic heterocycles. The number of amides is 2. The Labute approximate surface area is 149 Å². The highest BCUT2D eigenvalue weighted by Crippen LogP contribution is 2.41. The Balaban J connectivity index is 1.62. The Morgan fingerprint density at radius 3 is 2.48 bits per heavy atom. The number of imide groups is 1. The van der Waals surface area contributed by atoms with E-state index in [2.05, 4.69) is 5.10 Å². The summed E-state index contributed by atoms with van der Waals surface area (Å²) in [6.07, 6.45) is 4.98. The molecule has 5 nitrogen and oxygen atoms in total. The van der Waals surface area contributed by atoms with E-state index in [0.29, 0.717) is 6.54 Å². The van der Waals surface area contributed by atoms with Crippen LogP contribution in [0, 0.1) is 17.7 Å². The van der Waals surface area contributed by atoms with Crippen LogP contribution in [0.3, 0.4) is 0 Å². The first kappa shape index (κ1) is 16.3. The van der Waals surface area contributed by atoms with E-state index >= 15 is 0 Å².